The Morgan fingerprint density at radius 1 is 0.974 bits per heavy atom. The van der Waals surface area contributed by atoms with E-state index in [1.54, 1.807) is 6.07 Å². The highest BCUT2D eigenvalue weighted by Crippen LogP contribution is 2.31. The van der Waals surface area contributed by atoms with Crippen molar-refractivity contribution in [1.82, 2.24) is 9.88 Å². The second kappa shape index (κ2) is 10.8. The monoisotopic (exact) mass is 529 g/mol. The maximum absolute atomic E-state index is 13.4. The molecule has 4 amide bonds. The van der Waals surface area contributed by atoms with Crippen LogP contribution in [0.1, 0.15) is 12.0 Å². The largest absolute Gasteiger partial charge is 0.495 e. The third kappa shape index (κ3) is 4.99. The Kier molecular flexibility index (Phi) is 7.15. The molecule has 1 aliphatic rings. The van der Waals surface area contributed by atoms with E-state index in [0.717, 1.165) is 28.0 Å². The molecule has 8 nitrogen and oxygen atoms in total. The first-order valence-corrected chi connectivity index (χ1v) is 12.3. The number of hydrogen-bond donors (Lipinski definition) is 1. The van der Waals surface area contributed by atoms with Gasteiger partial charge in [-0.15, -0.1) is 0 Å². The molecule has 1 aliphatic heterocycles. The molecule has 1 fully saturated rings. The number of nitrogens with zero attached hydrogens (tertiary/aromatic N) is 2. The zero-order valence-electron chi connectivity index (χ0n) is 20.5. The summed E-state index contributed by atoms with van der Waals surface area (Å²) in [5, 5.41) is 3.35. The summed E-state index contributed by atoms with van der Waals surface area (Å²) in [5.41, 5.74) is 1.70. The van der Waals surface area contributed by atoms with Crippen LogP contribution >= 0.6 is 11.6 Å². The molecule has 0 atom stereocenters. The first kappa shape index (κ1) is 25.1. The van der Waals surface area contributed by atoms with E-state index in [-0.39, 0.29) is 16.3 Å². The van der Waals surface area contributed by atoms with Crippen molar-refractivity contribution in [3.05, 3.63) is 95.2 Å². The highest BCUT2D eigenvalue weighted by molar-refractivity contribution is 6.40. The Labute approximate surface area is 224 Å². The van der Waals surface area contributed by atoms with Crippen LogP contribution in [-0.2, 0) is 16.1 Å². The lowest BCUT2D eigenvalue weighted by atomic mass is 10.1. The van der Waals surface area contributed by atoms with E-state index in [9.17, 15) is 14.4 Å². The van der Waals surface area contributed by atoms with Gasteiger partial charge in [0, 0.05) is 29.2 Å². The molecule has 0 aliphatic carbocycles. The topological polar surface area (TPSA) is 89.9 Å². The van der Waals surface area contributed by atoms with Crippen LogP contribution < -0.4 is 19.7 Å². The van der Waals surface area contributed by atoms with E-state index in [4.69, 9.17) is 21.1 Å². The number of fused-ring (bicyclic) bond motifs is 1. The number of carbonyl (C=O) groups excluding carboxylic acids is 3. The number of rotatable bonds is 8. The molecule has 2 heterocycles. The van der Waals surface area contributed by atoms with Crippen LogP contribution in [0, 0.1) is 0 Å². The number of nitrogens with one attached hydrogen (secondary N) is 1. The van der Waals surface area contributed by atoms with Gasteiger partial charge in [0.25, 0.3) is 11.8 Å². The van der Waals surface area contributed by atoms with Gasteiger partial charge < -0.3 is 14.0 Å². The van der Waals surface area contributed by atoms with Crippen molar-refractivity contribution in [3.63, 3.8) is 0 Å². The first-order chi connectivity index (χ1) is 18.5. The fraction of sp³-hybridized carbons (Fsp3) is 0.138. The van der Waals surface area contributed by atoms with Gasteiger partial charge in [-0.2, -0.15) is 0 Å². The number of barbiturate groups is 1. The number of aryl methyl sites for hydroxylation is 1. The third-order valence-electron chi connectivity index (χ3n) is 6.17. The molecule has 5 rings (SSSR count). The van der Waals surface area contributed by atoms with Crippen LogP contribution in [0.15, 0.2) is 84.6 Å². The maximum atomic E-state index is 13.4. The summed E-state index contributed by atoms with van der Waals surface area (Å²) in [5.74, 6) is -0.291. The van der Waals surface area contributed by atoms with Crippen molar-refractivity contribution >= 4 is 52.1 Å². The number of imide groups is 2. The summed E-state index contributed by atoms with van der Waals surface area (Å²) < 4.78 is 13.0. The lowest BCUT2D eigenvalue weighted by molar-refractivity contribution is -0.122. The van der Waals surface area contributed by atoms with E-state index in [0.29, 0.717) is 24.5 Å². The normalized spacial score (nSPS) is 14.7. The van der Waals surface area contributed by atoms with Gasteiger partial charge >= 0.3 is 6.03 Å². The molecule has 0 spiro atoms. The Morgan fingerprint density at radius 2 is 1.74 bits per heavy atom. The van der Waals surface area contributed by atoms with E-state index in [1.165, 1.54) is 25.3 Å². The highest BCUT2D eigenvalue weighted by atomic mass is 35.5. The van der Waals surface area contributed by atoms with Crippen LogP contribution in [0.4, 0.5) is 10.5 Å². The van der Waals surface area contributed by atoms with Crippen LogP contribution in [0.2, 0.25) is 5.02 Å². The molecule has 3 aromatic carbocycles. The summed E-state index contributed by atoms with van der Waals surface area (Å²) in [4.78, 5) is 39.6. The van der Waals surface area contributed by atoms with E-state index in [1.807, 2.05) is 60.8 Å². The summed E-state index contributed by atoms with van der Waals surface area (Å²) in [6.07, 6.45) is 4.16. The van der Waals surface area contributed by atoms with Crippen molar-refractivity contribution < 1.29 is 23.9 Å². The van der Waals surface area contributed by atoms with Crippen LogP contribution in [0.5, 0.6) is 11.5 Å². The van der Waals surface area contributed by atoms with Gasteiger partial charge in [-0.1, -0.05) is 48.0 Å². The molecule has 1 N–H and O–H groups in total. The summed E-state index contributed by atoms with van der Waals surface area (Å²) in [6.45, 7) is 1.21. The number of hydrogen-bond acceptors (Lipinski definition) is 5. The van der Waals surface area contributed by atoms with E-state index < -0.39 is 17.8 Å². The minimum Gasteiger partial charge on any atom is -0.495 e. The molecule has 38 heavy (non-hydrogen) atoms. The van der Waals surface area contributed by atoms with Crippen LogP contribution in [-0.4, -0.2) is 36.1 Å². The molecule has 192 valence electrons. The zero-order chi connectivity index (χ0) is 26.6. The average molecular weight is 530 g/mol. The number of carbonyl (C=O) groups is 3. The Bertz CT molecular complexity index is 1560. The smallest absolute Gasteiger partial charge is 0.335 e. The second-order valence-electron chi connectivity index (χ2n) is 8.59. The summed E-state index contributed by atoms with van der Waals surface area (Å²) in [6, 6.07) is 21.0. The minimum absolute atomic E-state index is 0.160. The number of amides is 4. The van der Waals surface area contributed by atoms with Gasteiger partial charge in [-0.05, 0) is 48.9 Å². The number of benzene rings is 3. The molecule has 0 radical (unpaired) electrons. The molecule has 4 aromatic rings. The van der Waals surface area contributed by atoms with Gasteiger partial charge in [0.15, 0.2) is 0 Å². The lowest BCUT2D eigenvalue weighted by Crippen LogP contribution is -2.54. The second-order valence-corrected chi connectivity index (χ2v) is 8.99. The number of ether oxygens (including phenoxy) is 2. The Hall–Kier alpha value is -4.56. The van der Waals surface area contributed by atoms with Gasteiger partial charge in [0.1, 0.15) is 17.1 Å². The number of urea groups is 1. The number of anilines is 1. The van der Waals surface area contributed by atoms with E-state index >= 15 is 0 Å². The number of aromatic nitrogens is 1. The molecule has 9 heteroatoms. The van der Waals surface area contributed by atoms with Crippen LogP contribution in [0.25, 0.3) is 17.0 Å². The Morgan fingerprint density at radius 3 is 2.50 bits per heavy atom. The molecule has 0 saturated carbocycles. The predicted molar refractivity (Wildman–Crippen MR) is 145 cm³/mol. The number of halogens is 1. The van der Waals surface area contributed by atoms with Gasteiger partial charge in [0.05, 0.1) is 24.4 Å². The quantitative estimate of drug-likeness (QED) is 0.186. The third-order valence-corrected chi connectivity index (χ3v) is 6.47. The molecule has 1 saturated heterocycles. The maximum Gasteiger partial charge on any atom is 0.335 e. The van der Waals surface area contributed by atoms with Gasteiger partial charge in [0.2, 0.25) is 0 Å². The first-order valence-electron chi connectivity index (χ1n) is 12.0. The summed E-state index contributed by atoms with van der Waals surface area (Å²) >= 11 is 6.21. The molecular formula is C29H24ClN3O5. The van der Waals surface area contributed by atoms with Crippen molar-refractivity contribution in [3.8, 4) is 11.5 Å². The molecule has 0 unspecified atom stereocenters. The fourth-order valence-electron chi connectivity index (χ4n) is 4.36. The van der Waals surface area contributed by atoms with Crippen molar-refractivity contribution in [2.24, 2.45) is 0 Å². The Balaban J connectivity index is 1.42. The minimum atomic E-state index is -0.848. The SMILES string of the molecule is COc1ccc(N2C(=O)NC(=O)/C(=C/c3cn(CCCOc4ccccc4)c4ccccc34)C2=O)cc1Cl. The highest BCUT2D eigenvalue weighted by Gasteiger charge is 2.37. The lowest BCUT2D eigenvalue weighted by Gasteiger charge is -2.26. The van der Waals surface area contributed by atoms with Gasteiger partial charge in [-0.25, -0.2) is 9.69 Å². The van der Waals surface area contributed by atoms with Crippen LogP contribution in [0.3, 0.4) is 0 Å². The van der Waals surface area contributed by atoms with Crippen molar-refractivity contribution in [2.45, 2.75) is 13.0 Å². The zero-order valence-corrected chi connectivity index (χ0v) is 21.3. The van der Waals surface area contributed by atoms with Crippen molar-refractivity contribution in [2.75, 3.05) is 18.6 Å². The summed E-state index contributed by atoms with van der Waals surface area (Å²) in [7, 11) is 1.46. The number of para-hydroxylation sites is 2. The molecular weight excluding hydrogens is 506 g/mol. The standard InChI is InChI=1S/C29H24ClN3O5/c1-37-26-13-12-20(17-24(26)30)33-28(35)23(27(34)31-29(33)36)16-19-18-32(25-11-6-5-10-22(19)25)14-7-15-38-21-8-3-2-4-9-21/h2-6,8-13,16-18H,7,14-15H2,1H3,(H,31,34,36)/b23-16-. The average Bonchev–Trinajstić information content (AvgIpc) is 3.27. The molecule has 0 bridgehead atoms. The van der Waals surface area contributed by atoms with E-state index in [2.05, 4.69) is 9.88 Å². The fourth-order valence-corrected chi connectivity index (χ4v) is 4.61. The predicted octanol–water partition coefficient (Wildman–Crippen LogP) is 5.44. The molecule has 1 aromatic heterocycles. The van der Waals surface area contributed by atoms with Gasteiger partial charge in [-0.3, -0.25) is 14.9 Å². The number of methoxy groups -OCH3 is 1. The van der Waals surface area contributed by atoms with Crippen molar-refractivity contribution in [1.29, 1.82) is 0 Å².